The molecule has 0 rings (SSSR count). The van der Waals surface area contributed by atoms with Crippen molar-refractivity contribution < 1.29 is 9.53 Å². The lowest BCUT2D eigenvalue weighted by molar-refractivity contribution is -0.145. The molecule has 72 valence electrons. The van der Waals surface area contributed by atoms with Gasteiger partial charge in [-0.3, -0.25) is 4.79 Å². The van der Waals surface area contributed by atoms with E-state index in [0.29, 0.717) is 12.2 Å². The van der Waals surface area contributed by atoms with Gasteiger partial charge < -0.3 is 4.74 Å². The van der Waals surface area contributed by atoms with E-state index in [1.54, 1.807) is 19.9 Å². The first-order valence-electron chi connectivity index (χ1n) is 4.44. The van der Waals surface area contributed by atoms with Crippen LogP contribution in [-0.4, -0.2) is 12.6 Å². The number of esters is 1. The molecule has 1 atom stereocenters. The fourth-order valence-electron chi connectivity index (χ4n) is 0.933. The molecule has 0 bridgehead atoms. The number of allylic oxidation sites excluding steroid dienone is 1. The van der Waals surface area contributed by atoms with Crippen LogP contribution < -0.4 is 0 Å². The van der Waals surface area contributed by atoms with E-state index in [0.717, 1.165) is 6.42 Å². The minimum absolute atomic E-state index is 0.330. The second-order valence-corrected chi connectivity index (χ2v) is 2.65. The third kappa shape index (κ3) is 3.75. The van der Waals surface area contributed by atoms with Gasteiger partial charge in [0, 0.05) is 5.57 Å². The number of carbonyl (C=O) groups is 1. The van der Waals surface area contributed by atoms with Crippen LogP contribution in [0.15, 0.2) is 11.6 Å². The number of nitrogens with zero attached hydrogens (tertiary/aromatic N) is 1. The molecule has 0 aliphatic carbocycles. The van der Waals surface area contributed by atoms with E-state index in [9.17, 15) is 4.79 Å². The van der Waals surface area contributed by atoms with Gasteiger partial charge in [0.05, 0.1) is 18.6 Å². The molecule has 0 unspecified atom stereocenters. The summed E-state index contributed by atoms with van der Waals surface area (Å²) in [6.07, 6.45) is 2.51. The molecule has 0 aromatic heterocycles. The number of nitriles is 1. The van der Waals surface area contributed by atoms with E-state index in [1.807, 2.05) is 13.0 Å². The van der Waals surface area contributed by atoms with Crippen molar-refractivity contribution in [2.24, 2.45) is 5.92 Å². The van der Waals surface area contributed by atoms with Gasteiger partial charge in [-0.15, -0.1) is 0 Å². The Morgan fingerprint density at radius 3 is 2.62 bits per heavy atom. The molecule has 0 spiro atoms. The molecule has 0 fully saturated rings. The Balaban J connectivity index is 4.39. The summed E-state index contributed by atoms with van der Waals surface area (Å²) in [5, 5.41) is 8.72. The Bertz CT molecular complexity index is 238. The molecular weight excluding hydrogens is 166 g/mol. The summed E-state index contributed by atoms with van der Waals surface area (Å²) in [5.74, 6) is -0.770. The second kappa shape index (κ2) is 6.24. The minimum Gasteiger partial charge on any atom is -0.466 e. The zero-order valence-corrected chi connectivity index (χ0v) is 8.33. The van der Waals surface area contributed by atoms with Gasteiger partial charge in [0.2, 0.25) is 0 Å². The van der Waals surface area contributed by atoms with Crippen molar-refractivity contribution in [3.05, 3.63) is 11.6 Å². The highest BCUT2D eigenvalue weighted by Gasteiger charge is 2.17. The van der Waals surface area contributed by atoms with Gasteiger partial charge in [-0.05, 0) is 20.3 Å². The maximum absolute atomic E-state index is 11.2. The summed E-state index contributed by atoms with van der Waals surface area (Å²) in [5.41, 5.74) is 0.487. The number of hydrogen-bond acceptors (Lipinski definition) is 3. The molecule has 0 N–H and O–H groups in total. The Morgan fingerprint density at radius 2 is 2.23 bits per heavy atom. The van der Waals surface area contributed by atoms with Crippen LogP contribution in [0.4, 0.5) is 0 Å². The minimum atomic E-state index is -0.440. The van der Waals surface area contributed by atoms with Gasteiger partial charge >= 0.3 is 5.97 Å². The maximum Gasteiger partial charge on any atom is 0.313 e. The van der Waals surface area contributed by atoms with Crippen LogP contribution in [0.5, 0.6) is 0 Å². The standard InChI is InChI=1S/C10H15NO2/c1-4-6-9(7-11)8(3)10(12)13-5-2/h6,8H,4-5H2,1-3H3/t8-/m0/s1. The van der Waals surface area contributed by atoms with Crippen molar-refractivity contribution >= 4 is 5.97 Å². The summed E-state index contributed by atoms with van der Waals surface area (Å²) < 4.78 is 4.80. The molecule has 3 heteroatoms. The molecule has 3 nitrogen and oxygen atoms in total. The van der Waals surface area contributed by atoms with Crippen molar-refractivity contribution in [3.8, 4) is 6.07 Å². The first-order chi connectivity index (χ1) is 6.17. The zero-order chi connectivity index (χ0) is 10.3. The highest BCUT2D eigenvalue weighted by atomic mass is 16.5. The Labute approximate surface area is 79.0 Å². The monoisotopic (exact) mass is 181 g/mol. The van der Waals surface area contributed by atoms with Gasteiger partial charge in [0.1, 0.15) is 0 Å². The fourth-order valence-corrected chi connectivity index (χ4v) is 0.933. The molecule has 0 heterocycles. The quantitative estimate of drug-likeness (QED) is 0.492. The van der Waals surface area contributed by atoms with Gasteiger partial charge in [-0.1, -0.05) is 13.0 Å². The first-order valence-corrected chi connectivity index (χ1v) is 4.44. The molecule has 0 radical (unpaired) electrons. The lowest BCUT2D eigenvalue weighted by Crippen LogP contribution is -2.16. The van der Waals surface area contributed by atoms with Gasteiger partial charge in [-0.2, -0.15) is 5.26 Å². The largest absolute Gasteiger partial charge is 0.466 e. The summed E-state index contributed by atoms with van der Waals surface area (Å²) >= 11 is 0. The Kier molecular flexibility index (Phi) is 5.62. The Hall–Kier alpha value is -1.30. The number of hydrogen-bond donors (Lipinski definition) is 0. The third-order valence-corrected chi connectivity index (χ3v) is 1.66. The fraction of sp³-hybridized carbons (Fsp3) is 0.600. The number of ether oxygens (including phenoxy) is 1. The van der Waals surface area contributed by atoms with Crippen molar-refractivity contribution in [1.29, 1.82) is 5.26 Å². The highest BCUT2D eigenvalue weighted by Crippen LogP contribution is 2.12. The van der Waals surface area contributed by atoms with Crippen LogP contribution in [0.2, 0.25) is 0 Å². The molecule has 13 heavy (non-hydrogen) atoms. The average Bonchev–Trinajstić information content (AvgIpc) is 2.13. The van der Waals surface area contributed by atoms with Crippen molar-refractivity contribution in [2.45, 2.75) is 27.2 Å². The van der Waals surface area contributed by atoms with Crippen molar-refractivity contribution in [2.75, 3.05) is 6.61 Å². The number of carbonyl (C=O) groups excluding carboxylic acids is 1. The van der Waals surface area contributed by atoms with E-state index < -0.39 is 5.92 Å². The van der Waals surface area contributed by atoms with Gasteiger partial charge in [0.25, 0.3) is 0 Å². The summed E-state index contributed by atoms with van der Waals surface area (Å²) in [6.45, 7) is 5.71. The number of rotatable bonds is 4. The normalized spacial score (nSPS) is 13.2. The summed E-state index contributed by atoms with van der Waals surface area (Å²) in [4.78, 5) is 11.2. The SMILES string of the molecule is CCC=C(C#N)[C@H](C)C(=O)OCC. The molecule has 0 aliphatic heterocycles. The molecule has 0 saturated carbocycles. The molecule has 0 saturated heterocycles. The lowest BCUT2D eigenvalue weighted by atomic mass is 10.0. The van der Waals surface area contributed by atoms with Crippen LogP contribution in [0, 0.1) is 17.2 Å². The predicted molar refractivity (Wildman–Crippen MR) is 49.8 cm³/mol. The van der Waals surface area contributed by atoms with E-state index >= 15 is 0 Å². The lowest BCUT2D eigenvalue weighted by Gasteiger charge is -2.08. The van der Waals surface area contributed by atoms with E-state index in [1.165, 1.54) is 0 Å². The van der Waals surface area contributed by atoms with Gasteiger partial charge in [-0.25, -0.2) is 0 Å². The van der Waals surface area contributed by atoms with Crippen LogP contribution in [0.25, 0.3) is 0 Å². The Morgan fingerprint density at radius 1 is 1.62 bits per heavy atom. The average molecular weight is 181 g/mol. The summed E-state index contributed by atoms with van der Waals surface area (Å²) in [7, 11) is 0. The first kappa shape index (κ1) is 11.7. The van der Waals surface area contributed by atoms with Crippen LogP contribution in [0.1, 0.15) is 27.2 Å². The van der Waals surface area contributed by atoms with Crippen molar-refractivity contribution in [3.63, 3.8) is 0 Å². The highest BCUT2D eigenvalue weighted by molar-refractivity contribution is 5.76. The van der Waals surface area contributed by atoms with Crippen LogP contribution >= 0.6 is 0 Å². The predicted octanol–water partition coefficient (Wildman–Crippen LogP) is 2.05. The van der Waals surface area contributed by atoms with E-state index in [2.05, 4.69) is 0 Å². The van der Waals surface area contributed by atoms with Gasteiger partial charge in [0.15, 0.2) is 0 Å². The molecule has 0 aliphatic rings. The third-order valence-electron chi connectivity index (χ3n) is 1.66. The molecule has 0 amide bonds. The second-order valence-electron chi connectivity index (χ2n) is 2.65. The maximum atomic E-state index is 11.2. The molecule has 0 aromatic carbocycles. The summed E-state index contributed by atoms with van der Waals surface area (Å²) in [6, 6.07) is 2.00. The zero-order valence-electron chi connectivity index (χ0n) is 8.33. The van der Waals surface area contributed by atoms with Crippen molar-refractivity contribution in [1.82, 2.24) is 0 Å². The van der Waals surface area contributed by atoms with E-state index in [4.69, 9.17) is 10.00 Å². The topological polar surface area (TPSA) is 50.1 Å². The molecular formula is C10H15NO2. The smallest absolute Gasteiger partial charge is 0.313 e. The molecule has 0 aromatic rings. The van der Waals surface area contributed by atoms with Crippen LogP contribution in [-0.2, 0) is 9.53 Å². The van der Waals surface area contributed by atoms with Crippen LogP contribution in [0.3, 0.4) is 0 Å². The van der Waals surface area contributed by atoms with E-state index in [-0.39, 0.29) is 5.97 Å².